The van der Waals surface area contributed by atoms with E-state index in [1.165, 1.54) is 0 Å². The molecule has 0 radical (unpaired) electrons. The Kier molecular flexibility index (Phi) is 10.8. The van der Waals surface area contributed by atoms with Gasteiger partial charge in [-0.1, -0.05) is 62.7 Å². The van der Waals surface area contributed by atoms with Crippen molar-refractivity contribution >= 4 is 12.0 Å². The minimum Gasteiger partial charge on any atom is -0.497 e. The molecule has 2 amide bonds. The molecule has 0 unspecified atom stereocenters. The van der Waals surface area contributed by atoms with Gasteiger partial charge in [0.1, 0.15) is 11.8 Å². The predicted octanol–water partition coefficient (Wildman–Crippen LogP) is 2.14. The standard InChI is InChI=1S/C25H36N4O5/c1-4-17(2)23(27-25(32)33)24(31)28-29(15-19-10-12-20(34-3)13-11-19)16-22(30)21(26)14-18-8-6-5-7-9-18/h5-13,17,21-23,27,30H,4,14-16,26H2,1-3H3,(H,28,31)(H,32,33)/t17-,21-,22-,23-/m0/s1. The zero-order valence-electron chi connectivity index (χ0n) is 20.0. The summed E-state index contributed by atoms with van der Waals surface area (Å²) >= 11 is 0. The van der Waals surface area contributed by atoms with E-state index < -0.39 is 30.2 Å². The van der Waals surface area contributed by atoms with Crippen molar-refractivity contribution in [1.29, 1.82) is 0 Å². The molecule has 0 spiro atoms. The fourth-order valence-electron chi connectivity index (χ4n) is 3.54. The Labute approximate surface area is 200 Å². The molecule has 9 heteroatoms. The number of nitrogens with zero attached hydrogens (tertiary/aromatic N) is 1. The lowest BCUT2D eigenvalue weighted by atomic mass is 9.99. The number of hydrogen-bond acceptors (Lipinski definition) is 6. The van der Waals surface area contributed by atoms with Crippen molar-refractivity contribution < 1.29 is 24.5 Å². The molecule has 2 aromatic rings. The van der Waals surface area contributed by atoms with Gasteiger partial charge in [-0.3, -0.25) is 10.2 Å². The first-order valence-corrected chi connectivity index (χ1v) is 11.4. The fraction of sp³-hybridized carbons (Fsp3) is 0.440. The van der Waals surface area contributed by atoms with Crippen LogP contribution in [-0.4, -0.2) is 59.1 Å². The molecule has 0 saturated heterocycles. The Morgan fingerprint density at radius 1 is 1.09 bits per heavy atom. The fourth-order valence-corrected chi connectivity index (χ4v) is 3.54. The maximum Gasteiger partial charge on any atom is 0.405 e. The summed E-state index contributed by atoms with van der Waals surface area (Å²) in [5, 5.41) is 23.9. The second-order valence-corrected chi connectivity index (χ2v) is 8.44. The topological polar surface area (TPSA) is 137 Å². The molecular formula is C25H36N4O5. The number of hydrogen-bond donors (Lipinski definition) is 5. The van der Waals surface area contributed by atoms with E-state index in [1.54, 1.807) is 31.2 Å². The Bertz CT molecular complexity index is 894. The molecule has 9 nitrogen and oxygen atoms in total. The lowest BCUT2D eigenvalue weighted by molar-refractivity contribution is -0.130. The van der Waals surface area contributed by atoms with Crippen LogP contribution in [0, 0.1) is 5.92 Å². The Balaban J connectivity index is 2.16. The number of benzene rings is 2. The highest BCUT2D eigenvalue weighted by Crippen LogP contribution is 2.14. The van der Waals surface area contributed by atoms with E-state index in [9.17, 15) is 19.8 Å². The van der Waals surface area contributed by atoms with E-state index in [0.29, 0.717) is 18.6 Å². The van der Waals surface area contributed by atoms with Crippen LogP contribution in [0.15, 0.2) is 54.6 Å². The smallest absolute Gasteiger partial charge is 0.405 e. The van der Waals surface area contributed by atoms with Gasteiger partial charge in [-0.05, 0) is 35.6 Å². The second kappa shape index (κ2) is 13.5. The average Bonchev–Trinajstić information content (AvgIpc) is 2.82. The second-order valence-electron chi connectivity index (χ2n) is 8.44. The quantitative estimate of drug-likeness (QED) is 0.282. The molecule has 0 aliphatic rings. The molecule has 0 aliphatic heterocycles. The summed E-state index contributed by atoms with van der Waals surface area (Å²) in [5.41, 5.74) is 10.9. The molecule has 2 aromatic carbocycles. The van der Waals surface area contributed by atoms with Gasteiger partial charge in [0.05, 0.1) is 13.2 Å². The monoisotopic (exact) mass is 472 g/mol. The highest BCUT2D eigenvalue weighted by molar-refractivity contribution is 5.85. The molecule has 0 aromatic heterocycles. The third-order valence-corrected chi connectivity index (χ3v) is 5.79. The van der Waals surface area contributed by atoms with Crippen LogP contribution < -0.4 is 21.2 Å². The van der Waals surface area contributed by atoms with Gasteiger partial charge in [-0.15, -0.1) is 0 Å². The number of aliphatic hydroxyl groups excluding tert-OH is 1. The van der Waals surface area contributed by atoms with E-state index in [4.69, 9.17) is 10.5 Å². The van der Waals surface area contributed by atoms with Crippen molar-refractivity contribution in [1.82, 2.24) is 15.8 Å². The van der Waals surface area contributed by atoms with Gasteiger partial charge in [-0.2, -0.15) is 0 Å². The van der Waals surface area contributed by atoms with Gasteiger partial charge >= 0.3 is 6.09 Å². The third-order valence-electron chi connectivity index (χ3n) is 5.79. The maximum absolute atomic E-state index is 13.0. The predicted molar refractivity (Wildman–Crippen MR) is 130 cm³/mol. The van der Waals surface area contributed by atoms with Crippen LogP contribution in [0.3, 0.4) is 0 Å². The normalized spacial score (nSPS) is 14.6. The van der Waals surface area contributed by atoms with E-state index in [-0.39, 0.29) is 19.0 Å². The van der Waals surface area contributed by atoms with Crippen LogP contribution in [-0.2, 0) is 17.8 Å². The van der Waals surface area contributed by atoms with Gasteiger partial charge in [-0.25, -0.2) is 9.80 Å². The number of nitrogens with one attached hydrogen (secondary N) is 2. The Morgan fingerprint density at radius 2 is 1.74 bits per heavy atom. The molecule has 34 heavy (non-hydrogen) atoms. The van der Waals surface area contributed by atoms with Crippen LogP contribution >= 0.6 is 0 Å². The summed E-state index contributed by atoms with van der Waals surface area (Å²) < 4.78 is 5.19. The summed E-state index contributed by atoms with van der Waals surface area (Å²) in [6.45, 7) is 4.03. The Hall–Kier alpha value is -3.14. The number of carbonyl (C=O) groups is 2. The van der Waals surface area contributed by atoms with Gasteiger partial charge < -0.3 is 26.0 Å². The number of carbonyl (C=O) groups excluding carboxylic acids is 1. The summed E-state index contributed by atoms with van der Waals surface area (Å²) in [4.78, 5) is 24.3. The first-order valence-electron chi connectivity index (χ1n) is 11.4. The van der Waals surface area contributed by atoms with Crippen molar-refractivity contribution in [2.75, 3.05) is 13.7 Å². The number of amides is 2. The molecule has 0 aliphatic carbocycles. The van der Waals surface area contributed by atoms with Crippen molar-refractivity contribution in [3.8, 4) is 5.75 Å². The lowest BCUT2D eigenvalue weighted by Gasteiger charge is -2.31. The molecule has 0 saturated carbocycles. The van der Waals surface area contributed by atoms with Crippen LogP contribution in [0.25, 0.3) is 0 Å². The minimum atomic E-state index is -1.27. The number of nitrogens with two attached hydrogens (primary N) is 1. The lowest BCUT2D eigenvalue weighted by Crippen LogP contribution is -2.56. The van der Waals surface area contributed by atoms with Crippen LogP contribution in [0.5, 0.6) is 5.75 Å². The maximum atomic E-state index is 13.0. The van der Waals surface area contributed by atoms with E-state index >= 15 is 0 Å². The molecule has 4 atom stereocenters. The Morgan fingerprint density at radius 3 is 2.29 bits per heavy atom. The van der Waals surface area contributed by atoms with Gasteiger partial charge in [0.15, 0.2) is 0 Å². The van der Waals surface area contributed by atoms with Crippen LogP contribution in [0.4, 0.5) is 4.79 Å². The van der Waals surface area contributed by atoms with E-state index in [1.807, 2.05) is 49.4 Å². The van der Waals surface area contributed by atoms with Crippen LogP contribution in [0.1, 0.15) is 31.4 Å². The first-order chi connectivity index (χ1) is 16.2. The van der Waals surface area contributed by atoms with Gasteiger partial charge in [0.25, 0.3) is 5.91 Å². The van der Waals surface area contributed by atoms with Crippen molar-refractivity contribution in [3.05, 3.63) is 65.7 Å². The zero-order chi connectivity index (χ0) is 25.1. The highest BCUT2D eigenvalue weighted by Gasteiger charge is 2.28. The molecule has 0 fully saturated rings. The molecule has 0 heterocycles. The minimum absolute atomic E-state index is 0.0616. The van der Waals surface area contributed by atoms with Crippen molar-refractivity contribution in [3.63, 3.8) is 0 Å². The SMILES string of the molecule is CC[C@H](C)[C@H](NC(=O)O)C(=O)NN(Cc1ccc(OC)cc1)C[C@H](O)[C@@H](N)Cc1ccccc1. The largest absolute Gasteiger partial charge is 0.497 e. The number of carboxylic acid groups (broad SMARTS) is 1. The average molecular weight is 473 g/mol. The molecular weight excluding hydrogens is 436 g/mol. The van der Waals surface area contributed by atoms with Gasteiger partial charge in [0.2, 0.25) is 0 Å². The zero-order valence-corrected chi connectivity index (χ0v) is 20.0. The number of methoxy groups -OCH3 is 1. The molecule has 6 N–H and O–H groups in total. The van der Waals surface area contributed by atoms with Crippen molar-refractivity contribution in [2.45, 2.75) is 51.4 Å². The highest BCUT2D eigenvalue weighted by atomic mass is 16.5. The summed E-state index contributed by atoms with van der Waals surface area (Å²) in [7, 11) is 1.58. The number of hydrazine groups is 1. The summed E-state index contributed by atoms with van der Waals surface area (Å²) in [6, 6.07) is 15.5. The van der Waals surface area contributed by atoms with Crippen molar-refractivity contribution in [2.24, 2.45) is 11.7 Å². The third kappa shape index (κ3) is 8.66. The van der Waals surface area contributed by atoms with Gasteiger partial charge in [0, 0.05) is 19.1 Å². The summed E-state index contributed by atoms with van der Waals surface area (Å²) in [6.07, 6.45) is -1.12. The number of aliphatic hydroxyl groups is 1. The summed E-state index contributed by atoms with van der Waals surface area (Å²) in [5.74, 6) is -0.00923. The number of rotatable bonds is 13. The van der Waals surface area contributed by atoms with E-state index in [2.05, 4.69) is 10.7 Å². The first kappa shape index (κ1) is 27.1. The van der Waals surface area contributed by atoms with E-state index in [0.717, 1.165) is 11.1 Å². The van der Waals surface area contributed by atoms with Crippen LogP contribution in [0.2, 0.25) is 0 Å². The molecule has 0 bridgehead atoms. The molecule has 186 valence electrons. The molecule has 2 rings (SSSR count). The number of ether oxygens (including phenoxy) is 1.